The maximum atomic E-state index is 12.9. The minimum absolute atomic E-state index is 0.138. The number of amides is 1. The van der Waals surface area contributed by atoms with Crippen LogP contribution in [0, 0.1) is 0 Å². The molecule has 4 heteroatoms. The smallest absolute Gasteiger partial charge is 0.303 e. The molecular formula is C23H21NO3. The molecule has 3 atom stereocenters. The van der Waals surface area contributed by atoms with E-state index >= 15 is 0 Å². The van der Waals surface area contributed by atoms with Crippen LogP contribution in [0.5, 0.6) is 0 Å². The number of benzene rings is 3. The van der Waals surface area contributed by atoms with Gasteiger partial charge in [-0.1, -0.05) is 72.8 Å². The van der Waals surface area contributed by atoms with E-state index in [4.69, 9.17) is 4.74 Å². The van der Waals surface area contributed by atoms with Crippen molar-refractivity contribution in [2.45, 2.75) is 32.0 Å². The Morgan fingerprint density at radius 1 is 0.963 bits per heavy atom. The second-order valence-electron chi connectivity index (χ2n) is 6.88. The number of hydrogen-bond acceptors (Lipinski definition) is 3. The molecule has 3 aromatic carbocycles. The predicted octanol–water partition coefficient (Wildman–Crippen LogP) is 4.42. The number of esters is 1. The summed E-state index contributed by atoms with van der Waals surface area (Å²) in [6.07, 6.45) is -0.762. The summed E-state index contributed by atoms with van der Waals surface area (Å²) in [6.45, 7) is 3.37. The molecule has 1 amide bonds. The first-order valence-corrected chi connectivity index (χ1v) is 9.10. The lowest BCUT2D eigenvalue weighted by atomic mass is 9.86. The van der Waals surface area contributed by atoms with Gasteiger partial charge in [-0.2, -0.15) is 0 Å². The van der Waals surface area contributed by atoms with Gasteiger partial charge in [0, 0.05) is 6.92 Å². The molecule has 1 aliphatic rings. The lowest BCUT2D eigenvalue weighted by Crippen LogP contribution is -2.60. The Hall–Kier alpha value is -3.14. The molecular weight excluding hydrogens is 338 g/mol. The van der Waals surface area contributed by atoms with Crippen LogP contribution in [0.4, 0.5) is 0 Å². The van der Waals surface area contributed by atoms with Gasteiger partial charge in [-0.05, 0) is 28.8 Å². The third kappa shape index (κ3) is 2.97. The number of rotatable bonds is 4. The molecule has 1 aliphatic heterocycles. The molecule has 1 heterocycles. The number of nitrogens with zero attached hydrogens (tertiary/aromatic N) is 1. The highest BCUT2D eigenvalue weighted by molar-refractivity contribution is 5.92. The zero-order valence-electron chi connectivity index (χ0n) is 15.3. The normalized spacial score (nSPS) is 20.2. The number of fused-ring (bicyclic) bond motifs is 1. The Kier molecular flexibility index (Phi) is 4.40. The van der Waals surface area contributed by atoms with Crippen LogP contribution in [0.1, 0.15) is 37.1 Å². The number of β-lactam (4-membered cyclic amide) rings is 1. The first kappa shape index (κ1) is 17.3. The van der Waals surface area contributed by atoms with E-state index < -0.39 is 12.1 Å². The minimum atomic E-state index is -0.762. The van der Waals surface area contributed by atoms with Crippen molar-refractivity contribution in [3.63, 3.8) is 0 Å². The highest BCUT2D eigenvalue weighted by Crippen LogP contribution is 2.44. The molecule has 0 N–H and O–H groups in total. The summed E-state index contributed by atoms with van der Waals surface area (Å²) >= 11 is 0. The first-order valence-electron chi connectivity index (χ1n) is 9.10. The van der Waals surface area contributed by atoms with Crippen LogP contribution in [0.15, 0.2) is 72.8 Å². The zero-order valence-corrected chi connectivity index (χ0v) is 15.3. The Morgan fingerprint density at radius 3 is 2.37 bits per heavy atom. The van der Waals surface area contributed by atoms with Gasteiger partial charge >= 0.3 is 5.97 Å². The lowest BCUT2D eigenvalue weighted by Gasteiger charge is -2.49. The van der Waals surface area contributed by atoms with Crippen LogP contribution in [0.2, 0.25) is 0 Å². The topological polar surface area (TPSA) is 46.6 Å². The van der Waals surface area contributed by atoms with E-state index in [1.807, 2.05) is 60.4 Å². The van der Waals surface area contributed by atoms with Crippen LogP contribution < -0.4 is 0 Å². The van der Waals surface area contributed by atoms with Gasteiger partial charge in [0.05, 0.1) is 6.04 Å². The fraction of sp³-hybridized carbons (Fsp3) is 0.217. The predicted molar refractivity (Wildman–Crippen MR) is 104 cm³/mol. The molecule has 0 aliphatic carbocycles. The Morgan fingerprint density at radius 2 is 1.63 bits per heavy atom. The number of carbonyl (C=O) groups excluding carboxylic acids is 2. The second-order valence-corrected chi connectivity index (χ2v) is 6.88. The third-order valence-corrected chi connectivity index (χ3v) is 5.21. The second kappa shape index (κ2) is 6.88. The Balaban J connectivity index is 1.74. The van der Waals surface area contributed by atoms with E-state index in [0.29, 0.717) is 0 Å². The standard InChI is InChI=1S/C23H21NO3/c1-15(19-14-8-12-17-9-6-7-13-20(17)19)24-21(18-10-4-3-5-11-18)22(23(24)26)27-16(2)25/h3-15,21-22H,1-2H3/t15-,21+,22-/m0/s1. The van der Waals surface area contributed by atoms with Gasteiger partial charge in [-0.3, -0.25) is 9.59 Å². The van der Waals surface area contributed by atoms with Crippen LogP contribution in [-0.2, 0) is 14.3 Å². The van der Waals surface area contributed by atoms with Crippen LogP contribution in [0.3, 0.4) is 0 Å². The molecule has 1 saturated heterocycles. The minimum Gasteiger partial charge on any atom is -0.450 e. The lowest BCUT2D eigenvalue weighted by molar-refractivity contribution is -0.186. The van der Waals surface area contributed by atoms with E-state index in [0.717, 1.165) is 21.9 Å². The van der Waals surface area contributed by atoms with E-state index in [1.54, 1.807) is 0 Å². The molecule has 0 unspecified atom stereocenters. The van der Waals surface area contributed by atoms with Crippen molar-refractivity contribution in [1.82, 2.24) is 4.90 Å². The monoisotopic (exact) mass is 359 g/mol. The third-order valence-electron chi connectivity index (χ3n) is 5.21. The zero-order chi connectivity index (χ0) is 19.0. The molecule has 136 valence electrons. The fourth-order valence-corrected chi connectivity index (χ4v) is 3.96. The largest absolute Gasteiger partial charge is 0.450 e. The molecule has 4 rings (SSSR count). The van der Waals surface area contributed by atoms with Crippen molar-refractivity contribution in [1.29, 1.82) is 0 Å². The highest BCUT2D eigenvalue weighted by Gasteiger charge is 2.52. The maximum Gasteiger partial charge on any atom is 0.303 e. The molecule has 0 aromatic heterocycles. The molecule has 3 aromatic rings. The summed E-state index contributed by atoms with van der Waals surface area (Å²) in [4.78, 5) is 26.2. The molecule has 0 spiro atoms. The summed E-state index contributed by atoms with van der Waals surface area (Å²) in [5, 5.41) is 2.27. The van der Waals surface area contributed by atoms with E-state index in [2.05, 4.69) is 24.3 Å². The van der Waals surface area contributed by atoms with Gasteiger partial charge in [0.2, 0.25) is 6.10 Å². The Labute approximate surface area is 158 Å². The quantitative estimate of drug-likeness (QED) is 0.512. The maximum absolute atomic E-state index is 12.9. The Bertz CT molecular complexity index is 993. The summed E-state index contributed by atoms with van der Waals surface area (Å²) < 4.78 is 5.34. The molecule has 27 heavy (non-hydrogen) atoms. The van der Waals surface area contributed by atoms with Gasteiger partial charge in [-0.15, -0.1) is 0 Å². The first-order chi connectivity index (χ1) is 13.1. The number of ether oxygens (including phenoxy) is 1. The molecule has 1 fully saturated rings. The average molecular weight is 359 g/mol. The molecule has 0 saturated carbocycles. The van der Waals surface area contributed by atoms with Gasteiger partial charge in [-0.25, -0.2) is 0 Å². The SMILES string of the molecule is CC(=O)O[C@@H]1C(=O)N([C@@H](C)c2cccc3ccccc23)[C@@H]1c1ccccc1. The van der Waals surface area contributed by atoms with E-state index in [1.165, 1.54) is 6.92 Å². The van der Waals surface area contributed by atoms with Crippen molar-refractivity contribution in [2.75, 3.05) is 0 Å². The summed E-state index contributed by atoms with van der Waals surface area (Å²) in [6, 6.07) is 23.6. The van der Waals surface area contributed by atoms with Crippen molar-refractivity contribution in [2.24, 2.45) is 0 Å². The van der Waals surface area contributed by atoms with Gasteiger partial charge < -0.3 is 9.64 Å². The fourth-order valence-electron chi connectivity index (χ4n) is 3.96. The van der Waals surface area contributed by atoms with E-state index in [9.17, 15) is 9.59 Å². The molecule has 4 nitrogen and oxygen atoms in total. The van der Waals surface area contributed by atoms with Crippen molar-refractivity contribution in [3.8, 4) is 0 Å². The van der Waals surface area contributed by atoms with E-state index in [-0.39, 0.29) is 18.0 Å². The van der Waals surface area contributed by atoms with Crippen molar-refractivity contribution >= 4 is 22.6 Å². The van der Waals surface area contributed by atoms with Crippen LogP contribution in [-0.4, -0.2) is 22.9 Å². The van der Waals surface area contributed by atoms with Crippen molar-refractivity contribution in [3.05, 3.63) is 83.9 Å². The molecule has 0 radical (unpaired) electrons. The number of hydrogen-bond donors (Lipinski definition) is 0. The van der Waals surface area contributed by atoms with Gasteiger partial charge in [0.25, 0.3) is 5.91 Å². The van der Waals surface area contributed by atoms with Crippen molar-refractivity contribution < 1.29 is 14.3 Å². The van der Waals surface area contributed by atoms with Gasteiger partial charge in [0.1, 0.15) is 6.04 Å². The van der Waals surface area contributed by atoms with Crippen LogP contribution in [0.25, 0.3) is 10.8 Å². The summed E-state index contributed by atoms with van der Waals surface area (Å²) in [7, 11) is 0. The number of carbonyl (C=O) groups is 2. The van der Waals surface area contributed by atoms with Gasteiger partial charge in [0.15, 0.2) is 0 Å². The highest BCUT2D eigenvalue weighted by atomic mass is 16.6. The number of likely N-dealkylation sites (tertiary alicyclic amines) is 1. The summed E-state index contributed by atoms with van der Waals surface area (Å²) in [5.41, 5.74) is 2.05. The van der Waals surface area contributed by atoms with Crippen LogP contribution >= 0.6 is 0 Å². The molecule has 0 bridgehead atoms. The summed E-state index contributed by atoms with van der Waals surface area (Å²) in [5.74, 6) is -0.591. The average Bonchev–Trinajstić information content (AvgIpc) is 2.69.